The predicted molar refractivity (Wildman–Crippen MR) is 85.6 cm³/mol. The average molecular weight is 408 g/mol. The van der Waals surface area contributed by atoms with E-state index < -0.39 is 27.9 Å². The van der Waals surface area contributed by atoms with Gasteiger partial charge in [0.1, 0.15) is 0 Å². The number of ether oxygens (including phenoxy) is 1. The van der Waals surface area contributed by atoms with Gasteiger partial charge in [0.25, 0.3) is 0 Å². The third kappa shape index (κ3) is 4.08. The lowest BCUT2D eigenvalue weighted by Crippen LogP contribution is -2.26. The number of carbonyl (C=O) groups is 2. The van der Waals surface area contributed by atoms with Gasteiger partial charge in [-0.3, -0.25) is 4.79 Å². The van der Waals surface area contributed by atoms with Gasteiger partial charge in [0.05, 0.1) is 18.4 Å². The molecule has 0 radical (unpaired) electrons. The highest BCUT2D eigenvalue weighted by molar-refractivity contribution is 9.10. The summed E-state index contributed by atoms with van der Waals surface area (Å²) in [7, 11) is -3.39. The summed E-state index contributed by atoms with van der Waals surface area (Å²) in [6.07, 6.45) is -0.0529. The number of anilines is 1. The van der Waals surface area contributed by atoms with Gasteiger partial charge >= 0.3 is 16.2 Å². The van der Waals surface area contributed by atoms with E-state index in [0.29, 0.717) is 21.3 Å². The van der Waals surface area contributed by atoms with Crippen molar-refractivity contribution in [2.45, 2.75) is 13.3 Å². The summed E-state index contributed by atoms with van der Waals surface area (Å²) in [5.41, 5.74) is 1.31. The van der Waals surface area contributed by atoms with Gasteiger partial charge in [-0.1, -0.05) is 15.9 Å². The van der Waals surface area contributed by atoms with Crippen LogP contribution in [-0.4, -0.2) is 39.7 Å². The Morgan fingerprint density at radius 1 is 1.48 bits per heavy atom. The molecule has 126 valence electrons. The molecule has 0 aromatic heterocycles. The minimum absolute atomic E-state index is 0.0529. The first-order valence-electron chi connectivity index (χ1n) is 6.73. The van der Waals surface area contributed by atoms with Crippen molar-refractivity contribution in [1.29, 1.82) is 0 Å². The molecule has 1 aromatic rings. The van der Waals surface area contributed by atoms with Crippen LogP contribution in [0.2, 0.25) is 0 Å². The first-order valence-corrected chi connectivity index (χ1v) is 9.08. The van der Waals surface area contributed by atoms with E-state index in [2.05, 4.69) is 15.9 Å². The van der Waals surface area contributed by atoms with Crippen LogP contribution in [0.15, 0.2) is 16.6 Å². The molecule has 1 unspecified atom stereocenters. The smallest absolute Gasteiger partial charge is 0.338 e. The largest absolute Gasteiger partial charge is 0.465 e. The molecule has 0 aliphatic carbocycles. The highest BCUT2D eigenvalue weighted by Crippen LogP contribution is 2.33. The van der Waals surface area contributed by atoms with Gasteiger partial charge in [-0.05, 0) is 24.6 Å². The lowest BCUT2D eigenvalue weighted by molar-refractivity contribution is -0.117. The van der Waals surface area contributed by atoms with Crippen molar-refractivity contribution in [2.24, 2.45) is 5.92 Å². The molecule has 1 heterocycles. The zero-order valence-electron chi connectivity index (χ0n) is 12.5. The fourth-order valence-electron chi connectivity index (χ4n) is 2.67. The molecule has 1 aliphatic rings. The molecule has 1 saturated heterocycles. The Morgan fingerprint density at radius 3 is 2.70 bits per heavy atom. The molecule has 6 nitrogen and oxygen atoms in total. The van der Waals surface area contributed by atoms with Crippen molar-refractivity contribution in [3.63, 3.8) is 0 Å². The van der Waals surface area contributed by atoms with Gasteiger partial charge in [0, 0.05) is 29.0 Å². The van der Waals surface area contributed by atoms with Crippen molar-refractivity contribution < 1.29 is 26.6 Å². The summed E-state index contributed by atoms with van der Waals surface area (Å²) in [6, 6.07) is 3.24. The van der Waals surface area contributed by atoms with E-state index in [-0.39, 0.29) is 18.9 Å². The Balaban J connectivity index is 2.37. The molecule has 0 N–H and O–H groups in total. The minimum Gasteiger partial charge on any atom is -0.465 e. The maximum Gasteiger partial charge on any atom is 0.338 e. The molecule has 23 heavy (non-hydrogen) atoms. The molecular weight excluding hydrogens is 393 g/mol. The molecule has 1 aliphatic heterocycles. The monoisotopic (exact) mass is 407 g/mol. The molecule has 0 spiro atoms. The number of rotatable bonds is 4. The number of esters is 1. The number of hydrogen-bond donors (Lipinski definition) is 0. The third-order valence-electron chi connectivity index (χ3n) is 3.68. The fraction of sp³-hybridized carbons (Fsp3) is 0.429. The number of methoxy groups -OCH3 is 1. The predicted octanol–water partition coefficient (Wildman–Crippen LogP) is 2.20. The van der Waals surface area contributed by atoms with Gasteiger partial charge in [0.2, 0.25) is 5.91 Å². The van der Waals surface area contributed by atoms with Crippen LogP contribution in [0.25, 0.3) is 0 Å². The van der Waals surface area contributed by atoms with Crippen molar-refractivity contribution in [1.82, 2.24) is 0 Å². The summed E-state index contributed by atoms with van der Waals surface area (Å²) in [4.78, 5) is 25.4. The molecule has 1 fully saturated rings. The van der Waals surface area contributed by atoms with E-state index in [9.17, 15) is 21.9 Å². The van der Waals surface area contributed by atoms with E-state index >= 15 is 0 Å². The quantitative estimate of drug-likeness (QED) is 0.564. The van der Waals surface area contributed by atoms with Crippen LogP contribution < -0.4 is 4.90 Å². The van der Waals surface area contributed by atoms with E-state index in [1.807, 2.05) is 0 Å². The number of carbonyl (C=O) groups excluding carboxylic acids is 2. The molecule has 1 aromatic carbocycles. The van der Waals surface area contributed by atoms with Gasteiger partial charge in [0.15, 0.2) is 0 Å². The molecular formula is C14H15BrFNO5S. The molecule has 2 rings (SSSR count). The van der Waals surface area contributed by atoms with Gasteiger partial charge in [-0.25, -0.2) is 4.79 Å². The summed E-state index contributed by atoms with van der Waals surface area (Å²) in [6.45, 7) is 1.75. The Bertz CT molecular complexity index is 765. The van der Waals surface area contributed by atoms with Crippen LogP contribution in [0.4, 0.5) is 9.57 Å². The second-order valence-corrected chi connectivity index (χ2v) is 7.70. The van der Waals surface area contributed by atoms with Crippen LogP contribution >= 0.6 is 15.9 Å². The second-order valence-electron chi connectivity index (χ2n) is 5.37. The Kier molecular flexibility index (Phi) is 5.10. The zero-order chi connectivity index (χ0) is 17.4. The van der Waals surface area contributed by atoms with Crippen molar-refractivity contribution in [2.75, 3.05) is 24.3 Å². The van der Waals surface area contributed by atoms with Crippen LogP contribution in [0.1, 0.15) is 22.3 Å². The number of halogens is 2. The molecule has 1 atom stereocenters. The normalized spacial score (nSPS) is 18.3. The van der Waals surface area contributed by atoms with E-state index in [4.69, 9.17) is 4.74 Å². The van der Waals surface area contributed by atoms with E-state index in [1.54, 1.807) is 19.1 Å². The van der Waals surface area contributed by atoms with Crippen LogP contribution in [0.3, 0.4) is 0 Å². The maximum atomic E-state index is 12.8. The third-order valence-corrected chi connectivity index (χ3v) is 5.01. The summed E-state index contributed by atoms with van der Waals surface area (Å²) >= 11 is 3.27. The first-order chi connectivity index (χ1) is 10.6. The van der Waals surface area contributed by atoms with Crippen LogP contribution in [0.5, 0.6) is 0 Å². The summed E-state index contributed by atoms with van der Waals surface area (Å²) in [5.74, 6) is -2.15. The lowest BCUT2D eigenvalue weighted by atomic mass is 10.1. The summed E-state index contributed by atoms with van der Waals surface area (Å²) < 4.78 is 39.7. The number of benzene rings is 1. The number of hydrogen-bond acceptors (Lipinski definition) is 5. The summed E-state index contributed by atoms with van der Waals surface area (Å²) in [5, 5.41) is 0. The molecule has 0 bridgehead atoms. The average Bonchev–Trinajstić information content (AvgIpc) is 2.78. The van der Waals surface area contributed by atoms with Crippen molar-refractivity contribution in [3.8, 4) is 0 Å². The highest BCUT2D eigenvalue weighted by Gasteiger charge is 2.35. The topological polar surface area (TPSA) is 80.8 Å². The highest BCUT2D eigenvalue weighted by atomic mass is 79.9. The minimum atomic E-state index is -4.64. The number of nitrogens with zero attached hydrogens (tertiary/aromatic N) is 1. The number of amides is 1. The molecule has 9 heteroatoms. The van der Waals surface area contributed by atoms with Crippen molar-refractivity contribution >= 4 is 43.7 Å². The molecule has 1 amide bonds. The van der Waals surface area contributed by atoms with Crippen LogP contribution in [-0.2, 0) is 19.8 Å². The zero-order valence-corrected chi connectivity index (χ0v) is 14.9. The standard InChI is InChI=1S/C14H15BrFNO5S/c1-8-11(14(19)22-2)4-10(15)5-12(8)17-6-9(3-13(17)18)7-23(16,20)21/h4-5,9H,3,6-7H2,1-2H3. The SMILES string of the molecule is COC(=O)c1cc(Br)cc(N2CC(CS(=O)(=O)F)CC2=O)c1C. The maximum absolute atomic E-state index is 12.8. The van der Waals surface area contributed by atoms with E-state index in [0.717, 1.165) is 0 Å². The van der Waals surface area contributed by atoms with Gasteiger partial charge in [-0.15, -0.1) is 3.89 Å². The van der Waals surface area contributed by atoms with Crippen molar-refractivity contribution in [3.05, 3.63) is 27.7 Å². The fourth-order valence-corrected chi connectivity index (χ4v) is 3.91. The second kappa shape index (κ2) is 6.56. The van der Waals surface area contributed by atoms with Crippen LogP contribution in [0, 0.1) is 12.8 Å². The Morgan fingerprint density at radius 2 is 2.13 bits per heavy atom. The lowest BCUT2D eigenvalue weighted by Gasteiger charge is -2.21. The first kappa shape index (κ1) is 17.9. The van der Waals surface area contributed by atoms with Gasteiger partial charge < -0.3 is 9.64 Å². The van der Waals surface area contributed by atoms with E-state index in [1.165, 1.54) is 12.0 Å². The molecule has 0 saturated carbocycles. The Labute approximate surface area is 141 Å². The Hall–Kier alpha value is -1.48. The van der Waals surface area contributed by atoms with Gasteiger partial charge in [-0.2, -0.15) is 8.42 Å².